The molecule has 0 atom stereocenters. The molecule has 0 saturated carbocycles. The zero-order valence-electron chi connectivity index (χ0n) is 17.9. The molecule has 1 aromatic carbocycles. The third kappa shape index (κ3) is 4.90. The summed E-state index contributed by atoms with van der Waals surface area (Å²) < 4.78 is 53.5. The van der Waals surface area contributed by atoms with E-state index >= 15 is 0 Å². The van der Waals surface area contributed by atoms with E-state index in [1.165, 1.54) is 27.0 Å². The lowest BCUT2D eigenvalue weighted by Gasteiger charge is -2.29. The Bertz CT molecular complexity index is 1470. The highest BCUT2D eigenvalue weighted by atomic mass is 32.2. The van der Waals surface area contributed by atoms with Gasteiger partial charge in [0.05, 0.1) is 15.1 Å². The molecule has 1 fully saturated rings. The van der Waals surface area contributed by atoms with Gasteiger partial charge in [0.1, 0.15) is 4.21 Å². The SMILES string of the molecule is C=CCn1c(=NC(=O)C2CCN(S(=O)(=O)c3cccs3)CC2)sc2cc(S(C)(=O)=O)ccc21. The van der Waals surface area contributed by atoms with Crippen LogP contribution in [0.1, 0.15) is 12.8 Å². The fourth-order valence-corrected chi connectivity index (χ4v) is 8.16. The maximum absolute atomic E-state index is 13.0. The topological polar surface area (TPSA) is 106 Å². The molecular formula is C21H23N3O5S4. The van der Waals surface area contributed by atoms with Crippen molar-refractivity contribution >= 4 is 58.7 Å². The molecule has 8 nitrogen and oxygen atoms in total. The number of thiophene rings is 1. The zero-order chi connectivity index (χ0) is 23.8. The van der Waals surface area contributed by atoms with Crippen molar-refractivity contribution in [3.8, 4) is 0 Å². The molecule has 0 aliphatic carbocycles. The van der Waals surface area contributed by atoms with Crippen LogP contribution in [0.2, 0.25) is 0 Å². The molecule has 0 radical (unpaired) electrons. The maximum atomic E-state index is 13.0. The Kier molecular flexibility index (Phi) is 6.74. The molecule has 176 valence electrons. The van der Waals surface area contributed by atoms with Gasteiger partial charge in [-0.25, -0.2) is 16.8 Å². The minimum absolute atomic E-state index is 0.208. The summed E-state index contributed by atoms with van der Waals surface area (Å²) in [4.78, 5) is 18.0. The first-order valence-electron chi connectivity index (χ1n) is 10.2. The predicted molar refractivity (Wildman–Crippen MR) is 129 cm³/mol. The van der Waals surface area contributed by atoms with Crippen LogP contribution < -0.4 is 4.80 Å². The number of sulfone groups is 1. The summed E-state index contributed by atoms with van der Waals surface area (Å²) in [5, 5.41) is 1.73. The van der Waals surface area contributed by atoms with Crippen LogP contribution in [-0.2, 0) is 31.2 Å². The third-order valence-corrected chi connectivity index (χ3v) is 10.9. The number of hydrogen-bond acceptors (Lipinski definition) is 7. The molecule has 4 rings (SSSR count). The van der Waals surface area contributed by atoms with E-state index in [1.807, 2.05) is 4.57 Å². The minimum Gasteiger partial charge on any atom is -0.313 e. The quantitative estimate of drug-likeness (QED) is 0.460. The second-order valence-electron chi connectivity index (χ2n) is 7.75. The second-order valence-corrected chi connectivity index (χ2v) is 13.9. The summed E-state index contributed by atoms with van der Waals surface area (Å²) in [6.45, 7) is 4.71. The number of benzene rings is 1. The Morgan fingerprint density at radius 1 is 1.21 bits per heavy atom. The highest BCUT2D eigenvalue weighted by Gasteiger charge is 2.32. The van der Waals surface area contributed by atoms with Crippen LogP contribution in [0.25, 0.3) is 10.2 Å². The van der Waals surface area contributed by atoms with Crippen molar-refractivity contribution in [2.45, 2.75) is 28.5 Å². The van der Waals surface area contributed by atoms with Crippen molar-refractivity contribution in [3.63, 3.8) is 0 Å². The molecule has 3 heterocycles. The number of sulfonamides is 1. The van der Waals surface area contributed by atoms with Crippen molar-refractivity contribution < 1.29 is 21.6 Å². The number of amides is 1. The first-order chi connectivity index (χ1) is 15.6. The zero-order valence-corrected chi connectivity index (χ0v) is 21.1. The van der Waals surface area contributed by atoms with Gasteiger partial charge in [0.2, 0.25) is 0 Å². The van der Waals surface area contributed by atoms with Crippen LogP contribution in [0, 0.1) is 5.92 Å². The molecule has 3 aromatic rings. The number of aromatic nitrogens is 1. The third-order valence-electron chi connectivity index (χ3n) is 5.49. The molecule has 0 spiro atoms. The Morgan fingerprint density at radius 2 is 1.94 bits per heavy atom. The van der Waals surface area contributed by atoms with Crippen LogP contribution in [0.4, 0.5) is 0 Å². The number of hydrogen-bond donors (Lipinski definition) is 0. The largest absolute Gasteiger partial charge is 0.313 e. The average Bonchev–Trinajstić information content (AvgIpc) is 3.42. The van der Waals surface area contributed by atoms with Gasteiger partial charge >= 0.3 is 0 Å². The van der Waals surface area contributed by atoms with Gasteiger partial charge in [-0.3, -0.25) is 4.79 Å². The first-order valence-corrected chi connectivity index (χ1v) is 15.2. The van der Waals surface area contributed by atoms with Gasteiger partial charge in [-0.15, -0.1) is 17.9 Å². The standard InChI is InChI=1S/C21H23N3O5S4/c1-3-10-24-17-7-6-16(32(2,26)27)14-18(17)31-21(24)22-20(25)15-8-11-23(12-9-15)33(28,29)19-5-4-13-30-19/h3-7,13-15H,1,8-12H2,2H3. The molecule has 1 aliphatic rings. The predicted octanol–water partition coefficient (Wildman–Crippen LogP) is 2.88. The lowest BCUT2D eigenvalue weighted by atomic mass is 9.98. The highest BCUT2D eigenvalue weighted by Crippen LogP contribution is 2.27. The summed E-state index contributed by atoms with van der Waals surface area (Å²) in [7, 11) is -6.88. The van der Waals surface area contributed by atoms with E-state index in [0.717, 1.165) is 11.8 Å². The summed E-state index contributed by atoms with van der Waals surface area (Å²) >= 11 is 2.43. The summed E-state index contributed by atoms with van der Waals surface area (Å²) in [6.07, 6.45) is 3.64. The van der Waals surface area contributed by atoms with Gasteiger partial charge in [-0.2, -0.15) is 9.30 Å². The first kappa shape index (κ1) is 24.0. The Balaban J connectivity index is 1.59. The van der Waals surface area contributed by atoms with Gasteiger partial charge in [0, 0.05) is 31.8 Å². The molecule has 0 unspecified atom stereocenters. The minimum atomic E-state index is -3.53. The number of allylic oxidation sites excluding steroid dienone is 1. The lowest BCUT2D eigenvalue weighted by molar-refractivity contribution is -0.122. The van der Waals surface area contributed by atoms with E-state index in [-0.39, 0.29) is 29.8 Å². The highest BCUT2D eigenvalue weighted by molar-refractivity contribution is 7.91. The van der Waals surface area contributed by atoms with Crippen LogP contribution >= 0.6 is 22.7 Å². The molecule has 12 heteroatoms. The van der Waals surface area contributed by atoms with Crippen LogP contribution in [-0.4, -0.2) is 51.0 Å². The van der Waals surface area contributed by atoms with Crippen LogP contribution in [0.5, 0.6) is 0 Å². The number of piperidine rings is 1. The molecule has 1 aliphatic heterocycles. The smallest absolute Gasteiger partial charge is 0.252 e. The number of thiazole rings is 1. The molecule has 2 aromatic heterocycles. The fourth-order valence-electron chi connectivity index (χ4n) is 3.74. The van der Waals surface area contributed by atoms with Crippen molar-refractivity contribution in [2.75, 3.05) is 19.3 Å². The number of nitrogens with zero attached hydrogens (tertiary/aromatic N) is 3. The van der Waals surface area contributed by atoms with Crippen molar-refractivity contribution in [1.29, 1.82) is 0 Å². The molecular weight excluding hydrogens is 503 g/mol. The number of fused-ring (bicyclic) bond motifs is 1. The van der Waals surface area contributed by atoms with Gasteiger partial charge in [-0.1, -0.05) is 23.5 Å². The number of carbonyl (C=O) groups excluding carboxylic acids is 1. The number of rotatable bonds is 6. The van der Waals surface area contributed by atoms with E-state index in [2.05, 4.69) is 11.6 Å². The van der Waals surface area contributed by atoms with Gasteiger partial charge in [0.15, 0.2) is 14.6 Å². The van der Waals surface area contributed by atoms with Crippen molar-refractivity contribution in [1.82, 2.24) is 8.87 Å². The Morgan fingerprint density at radius 3 is 2.55 bits per heavy atom. The van der Waals surface area contributed by atoms with Crippen LogP contribution in [0.15, 0.2) is 62.5 Å². The normalized spacial score (nSPS) is 16.9. The van der Waals surface area contributed by atoms with E-state index in [1.54, 1.807) is 41.8 Å². The molecule has 33 heavy (non-hydrogen) atoms. The van der Waals surface area contributed by atoms with E-state index in [4.69, 9.17) is 0 Å². The number of carbonyl (C=O) groups is 1. The van der Waals surface area contributed by atoms with Gasteiger partial charge in [-0.05, 0) is 42.5 Å². The Labute approximate surface area is 200 Å². The van der Waals surface area contributed by atoms with Crippen molar-refractivity contribution in [3.05, 3.63) is 53.2 Å². The van der Waals surface area contributed by atoms with E-state index in [9.17, 15) is 21.6 Å². The maximum Gasteiger partial charge on any atom is 0.252 e. The van der Waals surface area contributed by atoms with E-state index < -0.39 is 19.9 Å². The van der Waals surface area contributed by atoms with Gasteiger partial charge in [0.25, 0.3) is 15.9 Å². The Hall–Kier alpha value is -2.12. The fraction of sp³-hybridized carbons (Fsp3) is 0.333. The van der Waals surface area contributed by atoms with Crippen LogP contribution in [0.3, 0.4) is 0 Å². The molecule has 1 amide bonds. The monoisotopic (exact) mass is 525 g/mol. The summed E-state index contributed by atoms with van der Waals surface area (Å²) in [5.41, 5.74) is 0.774. The average molecular weight is 526 g/mol. The van der Waals surface area contributed by atoms with E-state index in [0.29, 0.717) is 33.1 Å². The summed E-state index contributed by atoms with van der Waals surface area (Å²) in [5.74, 6) is -0.662. The van der Waals surface area contributed by atoms with Gasteiger partial charge < -0.3 is 4.57 Å². The molecule has 1 saturated heterocycles. The van der Waals surface area contributed by atoms with Crippen molar-refractivity contribution in [2.24, 2.45) is 10.9 Å². The molecule has 0 N–H and O–H groups in total. The summed E-state index contributed by atoms with van der Waals surface area (Å²) in [6, 6.07) is 8.13. The second kappa shape index (κ2) is 9.26. The lowest BCUT2D eigenvalue weighted by Crippen LogP contribution is -2.40. The molecule has 0 bridgehead atoms.